The first-order valence-corrected chi connectivity index (χ1v) is 12.4. The molecule has 12 heteroatoms. The molecule has 2 aliphatic heterocycles. The molecule has 0 bridgehead atoms. The third-order valence-corrected chi connectivity index (χ3v) is 7.23. The molecule has 0 radical (unpaired) electrons. The van der Waals surface area contributed by atoms with Crippen molar-refractivity contribution >= 4 is 28.9 Å². The van der Waals surface area contributed by atoms with E-state index in [0.29, 0.717) is 17.4 Å². The molecule has 2 saturated heterocycles. The zero-order valence-corrected chi connectivity index (χ0v) is 20.2. The summed E-state index contributed by atoms with van der Waals surface area (Å²) in [6, 6.07) is 6.10. The Labute approximate surface area is 211 Å². The summed E-state index contributed by atoms with van der Waals surface area (Å²) < 4.78 is 37.7. The molecule has 1 aromatic carbocycles. The average Bonchev–Trinajstić information content (AvgIpc) is 3.51. The Morgan fingerprint density at radius 3 is 2.47 bits per heavy atom. The molecule has 0 saturated carbocycles. The van der Waals surface area contributed by atoms with Gasteiger partial charge in [-0.2, -0.15) is 19.7 Å². The van der Waals surface area contributed by atoms with Crippen molar-refractivity contribution in [2.24, 2.45) is 0 Å². The standard InChI is InChI=1S/C24H25ClF2N8O/c25-22-19(14-34(32-22)16-5-10-33(11-6-16)15-7-12-36-13-8-15)29-24-31-23(30-20-4-9-28-35(20)24)21-17(26)2-1-3-18(21)27/h1-4,9,14-16H,5-8,10-13H2,(H,29,30,31). The van der Waals surface area contributed by atoms with Gasteiger partial charge in [0.1, 0.15) is 11.6 Å². The van der Waals surface area contributed by atoms with Crippen LogP contribution in [0.5, 0.6) is 0 Å². The summed E-state index contributed by atoms with van der Waals surface area (Å²) in [4.78, 5) is 11.2. The number of benzene rings is 1. The topological polar surface area (TPSA) is 85.4 Å². The number of anilines is 2. The molecule has 5 heterocycles. The number of ether oxygens (including phenoxy) is 1. The summed E-state index contributed by atoms with van der Waals surface area (Å²) in [6.07, 6.45) is 7.51. The Morgan fingerprint density at radius 1 is 0.972 bits per heavy atom. The first-order chi connectivity index (χ1) is 17.6. The molecule has 0 atom stereocenters. The second-order valence-electron chi connectivity index (χ2n) is 9.12. The second-order valence-corrected chi connectivity index (χ2v) is 9.48. The fraction of sp³-hybridized carbons (Fsp3) is 0.417. The number of hydrogen-bond acceptors (Lipinski definition) is 7. The van der Waals surface area contributed by atoms with E-state index in [1.165, 1.54) is 28.9 Å². The molecular formula is C24H25ClF2N8O. The van der Waals surface area contributed by atoms with Crippen LogP contribution >= 0.6 is 11.6 Å². The molecule has 4 aromatic rings. The highest BCUT2D eigenvalue weighted by Crippen LogP contribution is 2.31. The second kappa shape index (κ2) is 9.72. The number of fused-ring (bicyclic) bond motifs is 1. The van der Waals surface area contributed by atoms with Crippen molar-refractivity contribution in [1.82, 2.24) is 34.3 Å². The van der Waals surface area contributed by atoms with E-state index in [-0.39, 0.29) is 28.5 Å². The van der Waals surface area contributed by atoms with Crippen molar-refractivity contribution in [3.8, 4) is 11.4 Å². The number of rotatable bonds is 5. The van der Waals surface area contributed by atoms with E-state index in [9.17, 15) is 8.78 Å². The van der Waals surface area contributed by atoms with E-state index < -0.39 is 11.6 Å². The first kappa shape index (κ1) is 23.3. The number of halogens is 3. The van der Waals surface area contributed by atoms with Crippen molar-refractivity contribution in [2.75, 3.05) is 31.6 Å². The minimum absolute atomic E-state index is 0.0925. The molecule has 0 spiro atoms. The molecular weight excluding hydrogens is 490 g/mol. The molecule has 2 aliphatic rings. The maximum Gasteiger partial charge on any atom is 0.232 e. The fourth-order valence-electron chi connectivity index (χ4n) is 5.06. The Hall–Kier alpha value is -3.15. The summed E-state index contributed by atoms with van der Waals surface area (Å²) in [6.45, 7) is 3.69. The van der Waals surface area contributed by atoms with Crippen molar-refractivity contribution in [1.29, 1.82) is 0 Å². The minimum atomic E-state index is -0.747. The molecule has 9 nitrogen and oxygen atoms in total. The van der Waals surface area contributed by atoms with E-state index >= 15 is 0 Å². The highest BCUT2D eigenvalue weighted by molar-refractivity contribution is 6.32. The maximum atomic E-state index is 14.4. The Kier molecular flexibility index (Phi) is 6.28. The van der Waals surface area contributed by atoms with Gasteiger partial charge in [0.15, 0.2) is 16.6 Å². The van der Waals surface area contributed by atoms with Gasteiger partial charge in [-0.25, -0.2) is 13.8 Å². The molecule has 6 rings (SSSR count). The van der Waals surface area contributed by atoms with Crippen molar-refractivity contribution in [3.05, 3.63) is 53.4 Å². The maximum absolute atomic E-state index is 14.4. The number of aromatic nitrogens is 6. The van der Waals surface area contributed by atoms with Gasteiger partial charge in [-0.1, -0.05) is 17.7 Å². The summed E-state index contributed by atoms with van der Waals surface area (Å²) in [7, 11) is 0. The van der Waals surface area contributed by atoms with Crippen LogP contribution in [0.25, 0.3) is 17.0 Å². The first-order valence-electron chi connectivity index (χ1n) is 12.1. The zero-order valence-electron chi connectivity index (χ0n) is 19.4. The summed E-state index contributed by atoms with van der Waals surface area (Å²) in [5.41, 5.74) is 0.607. The molecule has 0 amide bonds. The average molecular weight is 515 g/mol. The summed E-state index contributed by atoms with van der Waals surface area (Å²) in [5, 5.41) is 12.2. The van der Waals surface area contributed by atoms with Crippen molar-refractivity contribution in [3.63, 3.8) is 0 Å². The largest absolute Gasteiger partial charge is 0.381 e. The van der Waals surface area contributed by atoms with Crippen LogP contribution in [-0.4, -0.2) is 66.6 Å². The molecule has 36 heavy (non-hydrogen) atoms. The number of likely N-dealkylation sites (tertiary alicyclic amines) is 1. The molecule has 0 unspecified atom stereocenters. The van der Waals surface area contributed by atoms with Crippen LogP contribution in [0.15, 0.2) is 36.7 Å². The molecule has 3 aromatic heterocycles. The Bertz CT molecular complexity index is 1360. The van der Waals surface area contributed by atoms with Gasteiger partial charge >= 0.3 is 0 Å². The lowest BCUT2D eigenvalue weighted by atomic mass is 10.00. The predicted octanol–water partition coefficient (Wildman–Crippen LogP) is 4.48. The predicted molar refractivity (Wildman–Crippen MR) is 130 cm³/mol. The van der Waals surface area contributed by atoms with Crippen LogP contribution in [-0.2, 0) is 4.74 Å². The monoisotopic (exact) mass is 514 g/mol. The van der Waals surface area contributed by atoms with Crippen LogP contribution in [0.1, 0.15) is 31.7 Å². The Morgan fingerprint density at radius 2 is 1.72 bits per heavy atom. The van der Waals surface area contributed by atoms with Crippen molar-refractivity contribution in [2.45, 2.75) is 37.8 Å². The van der Waals surface area contributed by atoms with Crippen LogP contribution < -0.4 is 5.32 Å². The van der Waals surface area contributed by atoms with Gasteiger partial charge < -0.3 is 15.0 Å². The van der Waals surface area contributed by atoms with Crippen LogP contribution in [0, 0.1) is 11.6 Å². The lowest BCUT2D eigenvalue weighted by molar-refractivity contribution is 0.0212. The van der Waals surface area contributed by atoms with E-state index in [4.69, 9.17) is 16.3 Å². The van der Waals surface area contributed by atoms with Crippen LogP contribution in [0.3, 0.4) is 0 Å². The van der Waals surface area contributed by atoms with E-state index in [0.717, 1.165) is 52.0 Å². The number of nitrogens with zero attached hydrogens (tertiary/aromatic N) is 7. The number of nitrogens with one attached hydrogen (secondary N) is 1. The summed E-state index contributed by atoms with van der Waals surface area (Å²) >= 11 is 6.49. The molecule has 2 fully saturated rings. The van der Waals surface area contributed by atoms with Crippen LogP contribution in [0.4, 0.5) is 20.4 Å². The van der Waals surface area contributed by atoms with E-state index in [1.807, 2.05) is 10.9 Å². The van der Waals surface area contributed by atoms with E-state index in [1.54, 1.807) is 6.07 Å². The number of piperidine rings is 1. The van der Waals surface area contributed by atoms with Gasteiger partial charge in [-0.3, -0.25) is 4.68 Å². The SMILES string of the molecule is Fc1cccc(F)c1-c1nc(Nc2cn(C3CCN(C4CCOCC4)CC3)nc2Cl)n2nccc2n1. The summed E-state index contributed by atoms with van der Waals surface area (Å²) in [5.74, 6) is -1.37. The van der Waals surface area contributed by atoms with Crippen LogP contribution in [0.2, 0.25) is 5.15 Å². The fourth-order valence-corrected chi connectivity index (χ4v) is 5.24. The lowest BCUT2D eigenvalue weighted by Crippen LogP contribution is -2.44. The van der Waals surface area contributed by atoms with Gasteiger partial charge in [0.25, 0.3) is 0 Å². The van der Waals surface area contributed by atoms with Gasteiger partial charge in [-0.15, -0.1) is 0 Å². The molecule has 0 aliphatic carbocycles. The third kappa shape index (κ3) is 4.42. The van der Waals surface area contributed by atoms with Gasteiger partial charge in [0, 0.05) is 38.4 Å². The van der Waals surface area contributed by atoms with Gasteiger partial charge in [-0.05, 0) is 37.8 Å². The lowest BCUT2D eigenvalue weighted by Gasteiger charge is -2.39. The Balaban J connectivity index is 1.24. The minimum Gasteiger partial charge on any atom is -0.381 e. The number of hydrogen-bond donors (Lipinski definition) is 1. The smallest absolute Gasteiger partial charge is 0.232 e. The molecule has 1 N–H and O–H groups in total. The van der Waals surface area contributed by atoms with E-state index in [2.05, 4.69) is 30.4 Å². The quantitative estimate of drug-likeness (QED) is 0.420. The zero-order chi connectivity index (χ0) is 24.6. The highest BCUT2D eigenvalue weighted by Gasteiger charge is 2.28. The highest BCUT2D eigenvalue weighted by atomic mass is 35.5. The normalized spacial score (nSPS) is 18.2. The van der Waals surface area contributed by atoms with Gasteiger partial charge in [0.05, 0.1) is 29.7 Å². The third-order valence-electron chi connectivity index (χ3n) is 6.96. The molecule has 188 valence electrons. The van der Waals surface area contributed by atoms with Crippen molar-refractivity contribution < 1.29 is 13.5 Å². The van der Waals surface area contributed by atoms with Gasteiger partial charge in [0.2, 0.25) is 5.95 Å².